The van der Waals surface area contributed by atoms with Crippen LogP contribution < -0.4 is 16.0 Å². The summed E-state index contributed by atoms with van der Waals surface area (Å²) in [6.45, 7) is 4.60. The monoisotopic (exact) mass is 382 g/mol. The summed E-state index contributed by atoms with van der Waals surface area (Å²) in [5, 5.41) is 0.858. The van der Waals surface area contributed by atoms with Crippen LogP contribution >= 0.6 is 0 Å². The number of nitrogens with two attached hydrogens (primary N) is 1. The fourth-order valence-electron chi connectivity index (χ4n) is 3.09. The number of carbonyl (C=O) groups excluding carboxylic acids is 1. The summed E-state index contributed by atoms with van der Waals surface area (Å²) in [6, 6.07) is 9.60. The van der Waals surface area contributed by atoms with Crippen molar-refractivity contribution in [1.29, 1.82) is 0 Å². The number of benzene rings is 2. The van der Waals surface area contributed by atoms with E-state index < -0.39 is 11.6 Å². The van der Waals surface area contributed by atoms with Crippen molar-refractivity contribution in [3.63, 3.8) is 0 Å². The van der Waals surface area contributed by atoms with E-state index in [9.17, 15) is 9.59 Å². The molecule has 0 unspecified atom stereocenters. The number of rotatable bonds is 7. The molecule has 6 heteroatoms. The maximum absolute atomic E-state index is 15.3. The van der Waals surface area contributed by atoms with Gasteiger partial charge in [0.15, 0.2) is 17.3 Å². The number of ether oxygens (including phenoxy) is 1. The van der Waals surface area contributed by atoms with E-state index in [1.165, 1.54) is 12.3 Å². The van der Waals surface area contributed by atoms with Crippen LogP contribution in [0.2, 0.25) is 0 Å². The lowest BCUT2D eigenvalue weighted by atomic mass is 9.96. The average molecular weight is 382 g/mol. The van der Waals surface area contributed by atoms with Crippen LogP contribution in [0.1, 0.15) is 35.3 Å². The molecule has 0 fully saturated rings. The molecule has 146 valence electrons. The molecule has 0 saturated carbocycles. The number of fused-ring (bicyclic) bond motifs is 1. The minimum absolute atomic E-state index is 0.0723. The molecule has 0 aliphatic heterocycles. The standard InChI is InChI=1S/C22H23FN2O3/c1-13(2)12-28-21-14(8-10-24)6-7-18(19(21)23)20(26)16-4-3-5-17-15(16)9-11-25-22(17)27/h3-7,9,11,13H,8,10,12,24H2,1-2H3,(H,25,27). The first kappa shape index (κ1) is 19.8. The minimum atomic E-state index is -0.696. The zero-order valence-electron chi connectivity index (χ0n) is 15.9. The summed E-state index contributed by atoms with van der Waals surface area (Å²) >= 11 is 0. The molecular formula is C22H23FN2O3. The Morgan fingerprint density at radius 3 is 2.64 bits per heavy atom. The smallest absolute Gasteiger partial charge is 0.255 e. The molecule has 1 aromatic heterocycles. The van der Waals surface area contributed by atoms with Gasteiger partial charge < -0.3 is 15.5 Å². The average Bonchev–Trinajstić information content (AvgIpc) is 2.67. The molecule has 0 atom stereocenters. The number of nitrogens with one attached hydrogen (secondary N) is 1. The fourth-order valence-corrected chi connectivity index (χ4v) is 3.09. The molecule has 3 rings (SSSR count). The first-order valence-corrected chi connectivity index (χ1v) is 9.23. The number of aromatic nitrogens is 1. The molecule has 0 saturated heterocycles. The highest BCUT2D eigenvalue weighted by Gasteiger charge is 2.22. The van der Waals surface area contributed by atoms with E-state index in [4.69, 9.17) is 10.5 Å². The van der Waals surface area contributed by atoms with Gasteiger partial charge in [-0.2, -0.15) is 0 Å². The van der Waals surface area contributed by atoms with Gasteiger partial charge in [-0.25, -0.2) is 4.39 Å². The van der Waals surface area contributed by atoms with E-state index in [-0.39, 0.29) is 28.4 Å². The first-order chi connectivity index (χ1) is 13.4. The van der Waals surface area contributed by atoms with Gasteiger partial charge in [0.05, 0.1) is 12.2 Å². The molecule has 5 nitrogen and oxygen atoms in total. The molecule has 0 radical (unpaired) electrons. The van der Waals surface area contributed by atoms with Gasteiger partial charge in [-0.3, -0.25) is 9.59 Å². The Hall–Kier alpha value is -2.99. The molecule has 0 bridgehead atoms. The van der Waals surface area contributed by atoms with Gasteiger partial charge in [0.2, 0.25) is 0 Å². The molecule has 0 aliphatic rings. The Balaban J connectivity index is 2.11. The second kappa shape index (κ2) is 8.35. The van der Waals surface area contributed by atoms with Crippen molar-refractivity contribution in [2.45, 2.75) is 20.3 Å². The second-order valence-electron chi connectivity index (χ2n) is 7.06. The van der Waals surface area contributed by atoms with E-state index in [0.717, 1.165) is 0 Å². The summed E-state index contributed by atoms with van der Waals surface area (Å²) in [7, 11) is 0. The lowest BCUT2D eigenvalue weighted by Gasteiger charge is -2.16. The molecule has 0 amide bonds. The van der Waals surface area contributed by atoms with Gasteiger partial charge in [-0.1, -0.05) is 32.0 Å². The number of halogens is 1. The fraction of sp³-hybridized carbons (Fsp3) is 0.273. The van der Waals surface area contributed by atoms with E-state index in [1.54, 1.807) is 30.3 Å². The molecule has 0 aliphatic carbocycles. The van der Waals surface area contributed by atoms with Crippen molar-refractivity contribution < 1.29 is 13.9 Å². The highest BCUT2D eigenvalue weighted by atomic mass is 19.1. The number of hydrogen-bond donors (Lipinski definition) is 2. The second-order valence-corrected chi connectivity index (χ2v) is 7.06. The zero-order valence-corrected chi connectivity index (χ0v) is 15.9. The number of H-pyrrole nitrogens is 1. The number of ketones is 1. The molecule has 3 N–H and O–H groups in total. The van der Waals surface area contributed by atoms with Gasteiger partial charge in [0.25, 0.3) is 5.56 Å². The normalized spacial score (nSPS) is 11.2. The Morgan fingerprint density at radius 1 is 1.14 bits per heavy atom. The molecule has 3 aromatic rings. The quantitative estimate of drug-likeness (QED) is 0.613. The SMILES string of the molecule is CC(C)COc1c(CCN)ccc(C(=O)c2cccc3c(=O)[nH]ccc23)c1F. The molecule has 0 spiro atoms. The minimum Gasteiger partial charge on any atom is -0.490 e. The lowest BCUT2D eigenvalue weighted by Crippen LogP contribution is -2.14. The maximum atomic E-state index is 15.3. The van der Waals surface area contributed by atoms with Crippen LogP contribution in [0.3, 0.4) is 0 Å². The van der Waals surface area contributed by atoms with Crippen molar-refractivity contribution in [1.82, 2.24) is 4.98 Å². The lowest BCUT2D eigenvalue weighted by molar-refractivity contribution is 0.103. The van der Waals surface area contributed by atoms with E-state index in [2.05, 4.69) is 4.98 Å². The third kappa shape index (κ3) is 3.82. The first-order valence-electron chi connectivity index (χ1n) is 9.23. The number of pyridine rings is 1. The number of aromatic amines is 1. The predicted molar refractivity (Wildman–Crippen MR) is 107 cm³/mol. The molecule has 2 aromatic carbocycles. The Morgan fingerprint density at radius 2 is 1.93 bits per heavy atom. The molecular weight excluding hydrogens is 359 g/mol. The van der Waals surface area contributed by atoms with Crippen molar-refractivity contribution in [2.24, 2.45) is 11.7 Å². The molecule has 1 heterocycles. The van der Waals surface area contributed by atoms with Crippen LogP contribution in [-0.2, 0) is 6.42 Å². The van der Waals surface area contributed by atoms with Crippen LogP contribution in [-0.4, -0.2) is 23.9 Å². The highest BCUT2D eigenvalue weighted by molar-refractivity contribution is 6.16. The van der Waals surface area contributed by atoms with E-state index >= 15 is 4.39 Å². The van der Waals surface area contributed by atoms with Gasteiger partial charge in [0, 0.05) is 17.1 Å². The molecule has 28 heavy (non-hydrogen) atoms. The Bertz CT molecular complexity index is 1070. The van der Waals surface area contributed by atoms with Gasteiger partial charge in [-0.15, -0.1) is 0 Å². The van der Waals surface area contributed by atoms with Crippen molar-refractivity contribution in [2.75, 3.05) is 13.2 Å². The maximum Gasteiger partial charge on any atom is 0.255 e. The highest BCUT2D eigenvalue weighted by Crippen LogP contribution is 2.29. The Labute approximate surface area is 162 Å². The third-order valence-electron chi connectivity index (χ3n) is 4.46. The summed E-state index contributed by atoms with van der Waals surface area (Å²) in [4.78, 5) is 27.7. The summed E-state index contributed by atoms with van der Waals surface area (Å²) in [5.41, 5.74) is 6.13. The van der Waals surface area contributed by atoms with E-state index in [0.29, 0.717) is 35.9 Å². The van der Waals surface area contributed by atoms with Crippen molar-refractivity contribution >= 4 is 16.6 Å². The largest absolute Gasteiger partial charge is 0.490 e. The number of hydrogen-bond acceptors (Lipinski definition) is 4. The van der Waals surface area contributed by atoms with Crippen molar-refractivity contribution in [3.8, 4) is 5.75 Å². The summed E-state index contributed by atoms with van der Waals surface area (Å²) < 4.78 is 20.9. The van der Waals surface area contributed by atoms with Crippen LogP contribution in [0, 0.1) is 11.7 Å². The van der Waals surface area contributed by atoms with Crippen LogP contribution in [0.25, 0.3) is 10.8 Å². The van der Waals surface area contributed by atoms with Crippen molar-refractivity contribution in [3.05, 3.63) is 75.5 Å². The van der Waals surface area contributed by atoms with Crippen LogP contribution in [0.4, 0.5) is 4.39 Å². The van der Waals surface area contributed by atoms with Gasteiger partial charge in [-0.05, 0) is 48.0 Å². The summed E-state index contributed by atoms with van der Waals surface area (Å²) in [6.07, 6.45) is 1.92. The predicted octanol–water partition coefficient (Wildman–Crippen LogP) is 3.43. The Kier molecular flexibility index (Phi) is 5.90. The topological polar surface area (TPSA) is 85.2 Å². The van der Waals surface area contributed by atoms with Gasteiger partial charge in [0.1, 0.15) is 0 Å². The van der Waals surface area contributed by atoms with E-state index in [1.807, 2.05) is 13.8 Å². The van der Waals surface area contributed by atoms with Crippen LogP contribution in [0.15, 0.2) is 47.4 Å². The summed E-state index contributed by atoms with van der Waals surface area (Å²) in [5.74, 6) is -0.918. The van der Waals surface area contributed by atoms with Crippen LogP contribution in [0.5, 0.6) is 5.75 Å². The third-order valence-corrected chi connectivity index (χ3v) is 4.46. The zero-order chi connectivity index (χ0) is 20.3. The number of carbonyl (C=O) groups is 1. The van der Waals surface area contributed by atoms with Gasteiger partial charge >= 0.3 is 0 Å².